The van der Waals surface area contributed by atoms with E-state index in [9.17, 15) is 14.4 Å². The van der Waals surface area contributed by atoms with Crippen LogP contribution in [0.15, 0.2) is 36.4 Å². The highest BCUT2D eigenvalue weighted by Crippen LogP contribution is 2.30. The van der Waals surface area contributed by atoms with Gasteiger partial charge in [-0.2, -0.15) is 0 Å². The van der Waals surface area contributed by atoms with Crippen LogP contribution in [0.1, 0.15) is 27.0 Å². The number of rotatable bonds is 8. The summed E-state index contributed by atoms with van der Waals surface area (Å²) in [5.41, 5.74) is 3.53. The lowest BCUT2D eigenvalue weighted by Crippen LogP contribution is -2.34. The number of carbonyl (C=O) groups is 3. The van der Waals surface area contributed by atoms with E-state index in [2.05, 4.69) is 10.6 Å². The van der Waals surface area contributed by atoms with Gasteiger partial charge >= 0.3 is 5.97 Å². The van der Waals surface area contributed by atoms with Gasteiger partial charge in [0.05, 0.1) is 0 Å². The molecule has 8 nitrogen and oxygen atoms in total. The minimum atomic E-state index is -0.681. The van der Waals surface area contributed by atoms with E-state index in [0.717, 1.165) is 22.4 Å². The van der Waals surface area contributed by atoms with Gasteiger partial charge in [0.25, 0.3) is 11.8 Å². The van der Waals surface area contributed by atoms with Gasteiger partial charge < -0.3 is 24.8 Å². The lowest BCUT2D eigenvalue weighted by molar-refractivity contribution is -0.147. The fraction of sp³-hybridized carbons (Fsp3) is 0.348. The second-order valence-electron chi connectivity index (χ2n) is 7.22. The zero-order valence-corrected chi connectivity index (χ0v) is 17.7. The van der Waals surface area contributed by atoms with Gasteiger partial charge in [0.15, 0.2) is 18.1 Å². The topological polar surface area (TPSA) is 103 Å². The number of amides is 2. The Morgan fingerprint density at radius 1 is 0.935 bits per heavy atom. The van der Waals surface area contributed by atoms with Crippen LogP contribution in [0, 0.1) is 13.8 Å². The highest BCUT2D eigenvalue weighted by molar-refractivity contribution is 5.96. The number of ether oxygens (including phenoxy) is 3. The van der Waals surface area contributed by atoms with Crippen molar-refractivity contribution in [1.82, 2.24) is 10.6 Å². The summed E-state index contributed by atoms with van der Waals surface area (Å²) in [6.07, 6.45) is 0.600. The maximum Gasteiger partial charge on any atom is 0.325 e. The highest BCUT2D eigenvalue weighted by Gasteiger charge is 2.13. The number of hydrogen-bond donors (Lipinski definition) is 2. The number of aryl methyl sites for hydroxylation is 2. The van der Waals surface area contributed by atoms with Gasteiger partial charge in [-0.25, -0.2) is 0 Å². The molecule has 31 heavy (non-hydrogen) atoms. The van der Waals surface area contributed by atoms with E-state index >= 15 is 0 Å². The Bertz CT molecular complexity index is 973. The van der Waals surface area contributed by atoms with Crippen LogP contribution in [-0.4, -0.2) is 50.7 Å². The van der Waals surface area contributed by atoms with Crippen molar-refractivity contribution in [1.29, 1.82) is 0 Å². The quantitative estimate of drug-likeness (QED) is 0.623. The molecule has 0 aromatic heterocycles. The zero-order chi connectivity index (χ0) is 22.2. The van der Waals surface area contributed by atoms with Crippen LogP contribution in [-0.2, 0) is 20.7 Å². The SMILES string of the molecule is Cc1ccc(C(=O)NCC(=O)OCC(=O)NCCc2ccc3c(c2)OCCO3)cc1C. The molecule has 1 aliphatic rings. The van der Waals surface area contributed by atoms with E-state index in [0.29, 0.717) is 37.5 Å². The molecule has 0 atom stereocenters. The van der Waals surface area contributed by atoms with Gasteiger partial charge in [-0.1, -0.05) is 12.1 Å². The second kappa shape index (κ2) is 10.5. The third-order valence-electron chi connectivity index (χ3n) is 4.87. The van der Waals surface area contributed by atoms with Crippen molar-refractivity contribution in [3.63, 3.8) is 0 Å². The van der Waals surface area contributed by atoms with E-state index in [-0.39, 0.29) is 12.5 Å². The standard InChI is InChI=1S/C23H26N2O6/c1-15-3-5-18(11-16(15)2)23(28)25-13-22(27)31-14-21(26)24-8-7-17-4-6-19-20(12-17)30-10-9-29-19/h3-6,11-12H,7-10,13-14H2,1-2H3,(H,24,26)(H,25,28). The summed E-state index contributed by atoms with van der Waals surface area (Å²) in [6, 6.07) is 10.9. The molecule has 2 aromatic rings. The first-order valence-electron chi connectivity index (χ1n) is 10.1. The van der Waals surface area contributed by atoms with Crippen molar-refractivity contribution < 1.29 is 28.6 Å². The molecule has 1 heterocycles. The molecule has 2 aromatic carbocycles. The summed E-state index contributed by atoms with van der Waals surface area (Å²) < 4.78 is 15.9. The summed E-state index contributed by atoms with van der Waals surface area (Å²) in [5.74, 6) is -0.0446. The normalized spacial score (nSPS) is 12.1. The first-order valence-corrected chi connectivity index (χ1v) is 10.1. The molecule has 0 bridgehead atoms. The molecular weight excluding hydrogens is 400 g/mol. The van der Waals surface area contributed by atoms with Crippen molar-refractivity contribution in [2.45, 2.75) is 20.3 Å². The predicted octanol–water partition coefficient (Wildman–Crippen LogP) is 1.71. The third kappa shape index (κ3) is 6.47. The summed E-state index contributed by atoms with van der Waals surface area (Å²) in [5, 5.41) is 5.18. The van der Waals surface area contributed by atoms with Crippen LogP contribution in [0.25, 0.3) is 0 Å². The lowest BCUT2D eigenvalue weighted by Gasteiger charge is -2.18. The monoisotopic (exact) mass is 426 g/mol. The van der Waals surface area contributed by atoms with Gasteiger partial charge in [-0.3, -0.25) is 14.4 Å². The second-order valence-corrected chi connectivity index (χ2v) is 7.22. The highest BCUT2D eigenvalue weighted by atomic mass is 16.6. The molecule has 164 valence electrons. The predicted molar refractivity (Wildman–Crippen MR) is 113 cm³/mol. The molecule has 2 amide bonds. The Morgan fingerprint density at radius 2 is 1.71 bits per heavy atom. The van der Waals surface area contributed by atoms with Gasteiger partial charge in [0.1, 0.15) is 19.8 Å². The number of carbonyl (C=O) groups excluding carboxylic acids is 3. The first-order chi connectivity index (χ1) is 14.9. The molecule has 8 heteroatoms. The smallest absolute Gasteiger partial charge is 0.325 e. The number of benzene rings is 2. The van der Waals surface area contributed by atoms with Crippen molar-refractivity contribution in [3.8, 4) is 11.5 Å². The average molecular weight is 426 g/mol. The van der Waals surface area contributed by atoms with Crippen LogP contribution in [0.4, 0.5) is 0 Å². The number of hydrogen-bond acceptors (Lipinski definition) is 6. The fourth-order valence-electron chi connectivity index (χ4n) is 2.97. The maximum absolute atomic E-state index is 12.1. The Hall–Kier alpha value is -3.55. The molecule has 0 saturated carbocycles. The number of esters is 1. The summed E-state index contributed by atoms with van der Waals surface area (Å²) >= 11 is 0. The molecule has 1 aliphatic heterocycles. The molecule has 3 rings (SSSR count). The lowest BCUT2D eigenvalue weighted by atomic mass is 10.1. The molecule has 2 N–H and O–H groups in total. The van der Waals surface area contributed by atoms with Crippen molar-refractivity contribution >= 4 is 17.8 Å². The molecule has 0 aliphatic carbocycles. The summed E-state index contributed by atoms with van der Waals surface area (Å²) in [7, 11) is 0. The third-order valence-corrected chi connectivity index (χ3v) is 4.87. The van der Waals surface area contributed by atoms with Crippen LogP contribution < -0.4 is 20.1 Å². The Labute approximate surface area is 180 Å². The molecule has 0 fully saturated rings. The van der Waals surface area contributed by atoms with E-state index in [4.69, 9.17) is 14.2 Å². The van der Waals surface area contributed by atoms with Crippen molar-refractivity contribution in [2.24, 2.45) is 0 Å². The molecule has 0 saturated heterocycles. The van der Waals surface area contributed by atoms with E-state index < -0.39 is 18.5 Å². The fourth-order valence-corrected chi connectivity index (χ4v) is 2.97. The van der Waals surface area contributed by atoms with E-state index in [1.54, 1.807) is 12.1 Å². The van der Waals surface area contributed by atoms with E-state index in [1.807, 2.05) is 38.1 Å². The van der Waals surface area contributed by atoms with Crippen LogP contribution >= 0.6 is 0 Å². The van der Waals surface area contributed by atoms with E-state index in [1.165, 1.54) is 0 Å². The number of fused-ring (bicyclic) bond motifs is 1. The van der Waals surface area contributed by atoms with Crippen LogP contribution in [0.5, 0.6) is 11.5 Å². The average Bonchev–Trinajstić information content (AvgIpc) is 2.77. The Balaban J connectivity index is 1.33. The summed E-state index contributed by atoms with van der Waals surface area (Å²) in [6.45, 7) is 4.60. The summed E-state index contributed by atoms with van der Waals surface area (Å²) in [4.78, 5) is 35.8. The maximum atomic E-state index is 12.1. The first kappa shape index (κ1) is 22.1. The van der Waals surface area contributed by atoms with Gasteiger partial charge in [-0.15, -0.1) is 0 Å². The van der Waals surface area contributed by atoms with Crippen molar-refractivity contribution in [2.75, 3.05) is 32.9 Å². The molecular formula is C23H26N2O6. The zero-order valence-electron chi connectivity index (χ0n) is 17.7. The largest absolute Gasteiger partial charge is 0.486 e. The van der Waals surface area contributed by atoms with Crippen LogP contribution in [0.3, 0.4) is 0 Å². The van der Waals surface area contributed by atoms with Crippen molar-refractivity contribution in [3.05, 3.63) is 58.7 Å². The molecule has 0 unspecified atom stereocenters. The Kier molecular flexibility index (Phi) is 7.48. The molecule has 0 spiro atoms. The number of nitrogens with one attached hydrogen (secondary N) is 2. The van der Waals surface area contributed by atoms with Gasteiger partial charge in [0, 0.05) is 12.1 Å². The van der Waals surface area contributed by atoms with Gasteiger partial charge in [0.2, 0.25) is 0 Å². The Morgan fingerprint density at radius 3 is 2.48 bits per heavy atom. The van der Waals surface area contributed by atoms with Gasteiger partial charge in [-0.05, 0) is 61.2 Å². The minimum Gasteiger partial charge on any atom is -0.486 e. The minimum absolute atomic E-state index is 0.309. The van der Waals surface area contributed by atoms with Crippen LogP contribution in [0.2, 0.25) is 0 Å². The molecule has 0 radical (unpaired) electrons.